The molecular weight excluding hydrogens is 334 g/mol. The first-order valence-corrected chi connectivity index (χ1v) is 7.41. The number of hydrogen-bond donors (Lipinski definition) is 0. The van der Waals surface area contributed by atoms with E-state index in [0.717, 1.165) is 21.5 Å². The summed E-state index contributed by atoms with van der Waals surface area (Å²) in [5, 5.41) is 0. The molecule has 0 unspecified atom stereocenters. The van der Waals surface area contributed by atoms with Gasteiger partial charge < -0.3 is 9.47 Å². The Morgan fingerprint density at radius 1 is 1.29 bits per heavy atom. The lowest BCUT2D eigenvalue weighted by atomic mass is 10.1. The lowest BCUT2D eigenvalue weighted by molar-refractivity contribution is -0.114. The summed E-state index contributed by atoms with van der Waals surface area (Å²) >= 11 is 3.37. The van der Waals surface area contributed by atoms with E-state index < -0.39 is 11.7 Å². The third-order valence-corrected chi connectivity index (χ3v) is 4.16. The largest absolute Gasteiger partial charge is 0.338 e. The van der Waals surface area contributed by atoms with Gasteiger partial charge in [0.15, 0.2) is 0 Å². The van der Waals surface area contributed by atoms with Crippen molar-refractivity contribution < 1.29 is 9.59 Å². The van der Waals surface area contributed by atoms with Crippen molar-refractivity contribution in [1.29, 1.82) is 0 Å². The van der Waals surface area contributed by atoms with Crippen molar-refractivity contribution in [3.05, 3.63) is 46.0 Å². The third kappa shape index (κ3) is 2.29. The Hall–Kier alpha value is -1.95. The minimum atomic E-state index is -0.458. The van der Waals surface area contributed by atoms with Gasteiger partial charge in [-0.25, -0.2) is 4.98 Å². The Kier molecular flexibility index (Phi) is 3.41. The maximum Gasteiger partial charge on any atom is 0.299 e. The number of rotatable bonds is 3. The van der Waals surface area contributed by atoms with Gasteiger partial charge in [0.25, 0.3) is 11.7 Å². The molecule has 1 aromatic carbocycles. The monoisotopic (exact) mass is 347 g/mol. The molecule has 2 aromatic rings. The van der Waals surface area contributed by atoms with Gasteiger partial charge in [0, 0.05) is 36.9 Å². The van der Waals surface area contributed by atoms with Crippen LogP contribution in [0, 0.1) is 6.92 Å². The van der Waals surface area contributed by atoms with Crippen molar-refractivity contribution in [1.82, 2.24) is 9.55 Å². The number of imidazole rings is 1. The van der Waals surface area contributed by atoms with Gasteiger partial charge in [-0.2, -0.15) is 0 Å². The second-order valence-corrected chi connectivity index (χ2v) is 6.02. The minimum absolute atomic E-state index is 0.436. The van der Waals surface area contributed by atoms with Gasteiger partial charge in [0.2, 0.25) is 0 Å². The van der Waals surface area contributed by atoms with Crippen molar-refractivity contribution in [3.63, 3.8) is 0 Å². The number of Topliss-reactive ketones (excluding diaryl/α,β-unsaturated/α-hetero) is 1. The van der Waals surface area contributed by atoms with E-state index in [1.165, 1.54) is 0 Å². The summed E-state index contributed by atoms with van der Waals surface area (Å²) in [6.45, 7) is 2.36. The number of hydrogen-bond acceptors (Lipinski definition) is 3. The van der Waals surface area contributed by atoms with Gasteiger partial charge in [-0.05, 0) is 24.6 Å². The molecule has 1 aromatic heterocycles. The lowest BCUT2D eigenvalue weighted by Gasteiger charge is -2.18. The summed E-state index contributed by atoms with van der Waals surface area (Å²) < 4.78 is 2.73. The van der Waals surface area contributed by atoms with E-state index in [-0.39, 0.29) is 0 Å². The number of halogens is 1. The van der Waals surface area contributed by atoms with Crippen LogP contribution in [0.2, 0.25) is 0 Å². The number of anilines is 1. The van der Waals surface area contributed by atoms with Gasteiger partial charge in [-0.3, -0.25) is 9.59 Å². The number of ketones is 1. The van der Waals surface area contributed by atoms with E-state index in [1.807, 2.05) is 30.8 Å². The number of fused-ring (bicyclic) bond motifs is 1. The first-order valence-electron chi connectivity index (χ1n) is 6.61. The van der Waals surface area contributed by atoms with Crippen LogP contribution in [0.5, 0.6) is 0 Å². The molecule has 2 heterocycles. The summed E-state index contributed by atoms with van der Waals surface area (Å²) in [6.07, 6.45) is 4.20. The van der Waals surface area contributed by atoms with Crippen LogP contribution in [0.4, 0.5) is 5.69 Å². The smallest absolute Gasteiger partial charge is 0.299 e. The van der Waals surface area contributed by atoms with Gasteiger partial charge >= 0.3 is 0 Å². The van der Waals surface area contributed by atoms with Crippen LogP contribution in [0.3, 0.4) is 0 Å². The molecule has 0 spiro atoms. The van der Waals surface area contributed by atoms with Crippen LogP contribution in [-0.4, -0.2) is 27.8 Å². The molecule has 0 bridgehead atoms. The Bertz CT molecular complexity index is 751. The SMILES string of the molecule is Cc1cc(Br)cc2c1N(CCc1nccn1C)C(=O)C2=O. The summed E-state index contributed by atoms with van der Waals surface area (Å²) in [4.78, 5) is 30.1. The van der Waals surface area contributed by atoms with Gasteiger partial charge in [0.1, 0.15) is 5.82 Å². The van der Waals surface area contributed by atoms with Gasteiger partial charge in [-0.15, -0.1) is 0 Å². The van der Waals surface area contributed by atoms with Gasteiger partial charge in [0.05, 0.1) is 11.3 Å². The summed E-state index contributed by atoms with van der Waals surface area (Å²) in [5.74, 6) is -0.00638. The van der Waals surface area contributed by atoms with Crippen LogP contribution in [0.1, 0.15) is 21.7 Å². The average molecular weight is 348 g/mol. The average Bonchev–Trinajstić information content (AvgIpc) is 2.93. The highest BCUT2D eigenvalue weighted by Gasteiger charge is 2.37. The summed E-state index contributed by atoms with van der Waals surface area (Å²) in [6, 6.07) is 3.63. The molecule has 1 aliphatic rings. The number of carbonyl (C=O) groups is 2. The fourth-order valence-electron chi connectivity index (χ4n) is 2.67. The summed E-state index contributed by atoms with van der Waals surface area (Å²) in [7, 11) is 1.91. The molecular formula is C15H14BrN3O2. The molecule has 0 saturated carbocycles. The molecule has 0 N–H and O–H groups in total. The number of nitrogens with zero attached hydrogens (tertiary/aromatic N) is 3. The van der Waals surface area contributed by atoms with Crippen LogP contribution < -0.4 is 4.90 Å². The second-order valence-electron chi connectivity index (χ2n) is 5.11. The number of carbonyl (C=O) groups excluding carboxylic acids is 2. The van der Waals surface area contributed by atoms with Crippen LogP contribution in [-0.2, 0) is 18.3 Å². The molecule has 0 atom stereocenters. The molecule has 0 aliphatic carbocycles. The van der Waals surface area contributed by atoms with Crippen LogP contribution >= 0.6 is 15.9 Å². The second kappa shape index (κ2) is 5.11. The normalized spacial score (nSPS) is 14.0. The Morgan fingerprint density at radius 3 is 2.71 bits per heavy atom. The topological polar surface area (TPSA) is 55.2 Å². The molecule has 0 saturated heterocycles. The minimum Gasteiger partial charge on any atom is -0.338 e. The van der Waals surface area contributed by atoms with Gasteiger partial charge in [-0.1, -0.05) is 15.9 Å². The number of aryl methyl sites for hydroxylation is 2. The van der Waals surface area contributed by atoms with Crippen molar-refractivity contribution in [2.24, 2.45) is 7.05 Å². The molecule has 1 amide bonds. The first-order chi connectivity index (χ1) is 9.99. The van der Waals surface area contributed by atoms with E-state index in [4.69, 9.17) is 0 Å². The van der Waals surface area contributed by atoms with Crippen molar-refractivity contribution in [2.75, 3.05) is 11.4 Å². The Balaban J connectivity index is 1.93. The van der Waals surface area contributed by atoms with Crippen molar-refractivity contribution >= 4 is 33.3 Å². The quantitative estimate of drug-likeness (QED) is 0.800. The predicted molar refractivity (Wildman–Crippen MR) is 82.5 cm³/mol. The maximum absolute atomic E-state index is 12.2. The molecule has 3 rings (SSSR count). The number of benzene rings is 1. The molecule has 1 aliphatic heterocycles. The summed E-state index contributed by atoms with van der Waals surface area (Å²) in [5.41, 5.74) is 2.12. The highest BCUT2D eigenvalue weighted by molar-refractivity contribution is 9.10. The predicted octanol–water partition coefficient (Wildman–Crippen LogP) is 2.26. The van der Waals surface area contributed by atoms with Crippen LogP contribution in [0.25, 0.3) is 0 Å². The standard InChI is InChI=1S/C15H14BrN3O2/c1-9-7-10(16)8-11-13(9)19(15(21)14(11)20)5-3-12-17-4-6-18(12)2/h4,6-8H,3,5H2,1-2H3. The number of amides is 1. The molecule has 21 heavy (non-hydrogen) atoms. The first kappa shape index (κ1) is 14.0. The molecule has 108 valence electrons. The third-order valence-electron chi connectivity index (χ3n) is 3.70. The number of aromatic nitrogens is 2. The van der Waals surface area contributed by atoms with E-state index in [9.17, 15) is 9.59 Å². The van der Waals surface area contributed by atoms with E-state index in [0.29, 0.717) is 18.5 Å². The van der Waals surface area contributed by atoms with E-state index in [2.05, 4.69) is 20.9 Å². The van der Waals surface area contributed by atoms with Crippen molar-refractivity contribution in [2.45, 2.75) is 13.3 Å². The Labute approximate surface area is 130 Å². The van der Waals surface area contributed by atoms with E-state index >= 15 is 0 Å². The lowest BCUT2D eigenvalue weighted by Crippen LogP contribution is -2.32. The fraction of sp³-hybridized carbons (Fsp3) is 0.267. The Morgan fingerprint density at radius 2 is 2.05 bits per heavy atom. The highest BCUT2D eigenvalue weighted by atomic mass is 79.9. The van der Waals surface area contributed by atoms with Crippen molar-refractivity contribution in [3.8, 4) is 0 Å². The zero-order valence-electron chi connectivity index (χ0n) is 11.8. The molecule has 6 heteroatoms. The maximum atomic E-state index is 12.2. The van der Waals surface area contributed by atoms with Crippen LogP contribution in [0.15, 0.2) is 29.0 Å². The zero-order valence-corrected chi connectivity index (χ0v) is 13.3. The fourth-order valence-corrected chi connectivity index (χ4v) is 3.24. The highest BCUT2D eigenvalue weighted by Crippen LogP contribution is 2.34. The molecule has 0 fully saturated rings. The van der Waals surface area contributed by atoms with E-state index in [1.54, 1.807) is 17.2 Å². The molecule has 0 radical (unpaired) electrons. The zero-order chi connectivity index (χ0) is 15.1. The molecule has 5 nitrogen and oxygen atoms in total.